The van der Waals surface area contributed by atoms with Crippen molar-refractivity contribution in [1.29, 1.82) is 0 Å². The maximum atomic E-state index is 14.0. The molecule has 0 spiro atoms. The number of aromatic nitrogens is 2. The van der Waals surface area contributed by atoms with Gasteiger partial charge in [0.15, 0.2) is 0 Å². The molecule has 5 aromatic rings. The van der Waals surface area contributed by atoms with Crippen LogP contribution in [0, 0.1) is 6.92 Å². The van der Waals surface area contributed by atoms with Crippen molar-refractivity contribution in [2.75, 3.05) is 31.4 Å². The summed E-state index contributed by atoms with van der Waals surface area (Å²) in [6.07, 6.45) is 1.56. The molecular weight excluding hydrogens is 585 g/mol. The number of furan rings is 1. The molecule has 0 unspecified atom stereocenters. The fourth-order valence-corrected chi connectivity index (χ4v) is 7.11. The van der Waals surface area contributed by atoms with E-state index in [4.69, 9.17) is 19.0 Å². The van der Waals surface area contributed by atoms with Gasteiger partial charge in [0, 0.05) is 11.1 Å². The zero-order chi connectivity index (χ0) is 29.9. The summed E-state index contributed by atoms with van der Waals surface area (Å²) < 4.78 is 18.6. The highest BCUT2D eigenvalue weighted by Crippen LogP contribution is 2.51. The number of hydrogen-bond acceptors (Lipinski definition) is 8. The lowest BCUT2D eigenvalue weighted by Gasteiger charge is -2.24. The lowest BCUT2D eigenvalue weighted by Crippen LogP contribution is -2.42. The van der Waals surface area contributed by atoms with Gasteiger partial charge >= 0.3 is 0 Å². The summed E-state index contributed by atoms with van der Waals surface area (Å²) in [5.74, 6) is 2.15. The van der Waals surface area contributed by atoms with Crippen molar-refractivity contribution in [2.45, 2.75) is 18.7 Å². The number of thiophene rings is 1. The molecule has 3 aromatic heterocycles. The molecular formula is C32H30N4O5S2. The molecule has 11 heteroatoms. The van der Waals surface area contributed by atoms with Crippen molar-refractivity contribution in [3.8, 4) is 27.8 Å². The number of ether oxygens (including phenoxy) is 2. The summed E-state index contributed by atoms with van der Waals surface area (Å²) in [6.45, 7) is 2.04. The highest BCUT2D eigenvalue weighted by Gasteiger charge is 2.39. The molecule has 43 heavy (non-hydrogen) atoms. The van der Waals surface area contributed by atoms with Crippen molar-refractivity contribution in [3.05, 3.63) is 101 Å². The van der Waals surface area contributed by atoms with E-state index in [9.17, 15) is 9.59 Å². The van der Waals surface area contributed by atoms with Gasteiger partial charge in [-0.15, -0.1) is 23.1 Å². The number of benzene rings is 2. The third kappa shape index (κ3) is 5.65. The Morgan fingerprint density at radius 2 is 1.95 bits per heavy atom. The Labute approximate surface area is 257 Å². The number of amides is 2. The summed E-state index contributed by atoms with van der Waals surface area (Å²) in [4.78, 5) is 29.8. The van der Waals surface area contributed by atoms with Crippen LogP contribution in [0.2, 0.25) is 0 Å². The van der Waals surface area contributed by atoms with Crippen LogP contribution in [0.3, 0.4) is 0 Å². The Bertz CT molecular complexity index is 1750. The molecule has 0 saturated heterocycles. The van der Waals surface area contributed by atoms with Crippen LogP contribution in [0.15, 0.2) is 82.8 Å². The number of hydrogen-bond donors (Lipinski definition) is 1. The molecule has 9 nitrogen and oxygen atoms in total. The minimum atomic E-state index is -0.352. The van der Waals surface area contributed by atoms with Crippen LogP contribution in [0.4, 0.5) is 5.82 Å². The molecule has 0 saturated carbocycles. The van der Waals surface area contributed by atoms with E-state index in [0.717, 1.165) is 32.9 Å². The molecule has 0 bridgehead atoms. The van der Waals surface area contributed by atoms with Crippen LogP contribution in [0.1, 0.15) is 27.7 Å². The van der Waals surface area contributed by atoms with E-state index in [1.54, 1.807) is 48.9 Å². The van der Waals surface area contributed by atoms with Gasteiger partial charge < -0.3 is 19.2 Å². The minimum Gasteiger partial charge on any atom is -0.497 e. The van der Waals surface area contributed by atoms with Crippen LogP contribution < -0.4 is 19.7 Å². The van der Waals surface area contributed by atoms with Gasteiger partial charge in [0.2, 0.25) is 11.8 Å². The molecule has 6 rings (SSSR count). The monoisotopic (exact) mass is 614 g/mol. The quantitative estimate of drug-likeness (QED) is 0.217. The average Bonchev–Trinajstić information content (AvgIpc) is 3.80. The van der Waals surface area contributed by atoms with E-state index in [0.29, 0.717) is 23.1 Å². The third-order valence-electron chi connectivity index (χ3n) is 7.25. The number of nitrogens with one attached hydrogen (secondary N) is 1. The van der Waals surface area contributed by atoms with Crippen molar-refractivity contribution in [2.24, 2.45) is 0 Å². The van der Waals surface area contributed by atoms with Gasteiger partial charge in [0.05, 0.1) is 48.6 Å². The Morgan fingerprint density at radius 1 is 1.09 bits per heavy atom. The second-order valence-corrected chi connectivity index (χ2v) is 11.9. The summed E-state index contributed by atoms with van der Waals surface area (Å²) in [5, 5.41) is 9.70. The number of para-hydroxylation sites is 1. The second kappa shape index (κ2) is 12.4. The second-order valence-electron chi connectivity index (χ2n) is 9.90. The standard InChI is InChI=1S/C32H30N4O5S2/c1-20-8-4-5-10-24(20)36-32-29(30(34-36)26-11-7-15-42-26)31(23-16-21(39-2)12-13-25(23)40-3)43-19-28(38)35(32)18-27(37)33-17-22-9-6-14-41-22/h4-16,31H,17-19H2,1-3H3,(H,33,37)/t31-/m1/s1. The Morgan fingerprint density at radius 3 is 2.67 bits per heavy atom. The average molecular weight is 615 g/mol. The van der Waals surface area contributed by atoms with Crippen LogP contribution in [-0.2, 0) is 16.1 Å². The Kier molecular flexibility index (Phi) is 8.26. The predicted octanol–water partition coefficient (Wildman–Crippen LogP) is 6.01. The zero-order valence-electron chi connectivity index (χ0n) is 23.9. The first-order valence-corrected chi connectivity index (χ1v) is 15.6. The number of thioether (sulfide) groups is 1. The van der Waals surface area contributed by atoms with Gasteiger partial charge in [0.1, 0.15) is 35.3 Å². The van der Waals surface area contributed by atoms with E-state index < -0.39 is 0 Å². The number of anilines is 1. The summed E-state index contributed by atoms with van der Waals surface area (Å²) in [5.41, 5.74) is 4.22. The molecule has 0 radical (unpaired) electrons. The maximum Gasteiger partial charge on any atom is 0.240 e. The number of fused-ring (bicyclic) bond motifs is 1. The third-order valence-corrected chi connectivity index (χ3v) is 9.36. The number of methoxy groups -OCH3 is 2. The zero-order valence-corrected chi connectivity index (χ0v) is 25.5. The molecule has 220 valence electrons. The number of aryl methyl sites for hydroxylation is 1. The highest BCUT2D eigenvalue weighted by atomic mass is 32.2. The number of nitrogens with zero attached hydrogens (tertiary/aromatic N) is 3. The van der Waals surface area contributed by atoms with Crippen molar-refractivity contribution < 1.29 is 23.5 Å². The predicted molar refractivity (Wildman–Crippen MR) is 168 cm³/mol. The van der Waals surface area contributed by atoms with E-state index >= 15 is 0 Å². The first kappa shape index (κ1) is 28.6. The summed E-state index contributed by atoms with van der Waals surface area (Å²) in [7, 11) is 3.25. The summed E-state index contributed by atoms with van der Waals surface area (Å²) in [6, 6.07) is 21.1. The van der Waals surface area contributed by atoms with Crippen molar-refractivity contribution in [3.63, 3.8) is 0 Å². The number of carbonyl (C=O) groups excluding carboxylic acids is 2. The van der Waals surface area contributed by atoms with Crippen molar-refractivity contribution >= 4 is 40.7 Å². The van der Waals surface area contributed by atoms with Crippen molar-refractivity contribution in [1.82, 2.24) is 15.1 Å². The maximum absolute atomic E-state index is 14.0. The van der Waals surface area contributed by atoms with Gasteiger partial charge in [-0.2, -0.15) is 5.10 Å². The van der Waals surface area contributed by atoms with Gasteiger partial charge in [-0.05, 0) is 60.3 Å². The molecule has 1 atom stereocenters. The molecule has 1 aliphatic rings. The number of rotatable bonds is 9. The van der Waals surface area contributed by atoms with E-state index in [1.807, 2.05) is 71.6 Å². The molecule has 1 aliphatic heterocycles. The van der Waals surface area contributed by atoms with Crippen LogP contribution in [0.5, 0.6) is 11.5 Å². The smallest absolute Gasteiger partial charge is 0.240 e. The largest absolute Gasteiger partial charge is 0.497 e. The lowest BCUT2D eigenvalue weighted by molar-refractivity contribution is -0.123. The molecule has 1 N–H and O–H groups in total. The minimum absolute atomic E-state index is 0.142. The van der Waals surface area contributed by atoms with Gasteiger partial charge in [-0.25, -0.2) is 4.68 Å². The SMILES string of the molecule is COc1ccc(OC)c([C@H]2SCC(=O)N(CC(=O)NCc3ccco3)c3c2c(-c2cccs2)nn3-c2ccccc2C)c1. The van der Waals surface area contributed by atoms with Crippen LogP contribution >= 0.6 is 23.1 Å². The first-order chi connectivity index (χ1) is 21.0. The summed E-state index contributed by atoms with van der Waals surface area (Å²) >= 11 is 3.05. The van der Waals surface area contributed by atoms with Crippen LogP contribution in [0.25, 0.3) is 16.3 Å². The van der Waals surface area contributed by atoms with Gasteiger partial charge in [-0.3, -0.25) is 14.5 Å². The van der Waals surface area contributed by atoms with E-state index in [-0.39, 0.29) is 35.9 Å². The Hall–Kier alpha value is -4.48. The fraction of sp³-hybridized carbons (Fsp3) is 0.219. The molecule has 0 aliphatic carbocycles. The highest BCUT2D eigenvalue weighted by molar-refractivity contribution is 8.00. The van der Waals surface area contributed by atoms with Gasteiger partial charge in [0.25, 0.3) is 0 Å². The molecule has 0 fully saturated rings. The van der Waals surface area contributed by atoms with E-state index in [1.165, 1.54) is 11.8 Å². The first-order valence-electron chi connectivity index (χ1n) is 13.6. The molecule has 2 aromatic carbocycles. The van der Waals surface area contributed by atoms with Gasteiger partial charge in [-0.1, -0.05) is 24.3 Å². The Balaban J connectivity index is 1.57. The fourth-order valence-electron chi connectivity index (χ4n) is 5.17. The van der Waals surface area contributed by atoms with Crippen LogP contribution in [-0.4, -0.2) is 48.1 Å². The topological polar surface area (TPSA) is 98.8 Å². The molecule has 4 heterocycles. The van der Waals surface area contributed by atoms with E-state index in [2.05, 4.69) is 5.32 Å². The normalized spacial score (nSPS) is 14.7. The lowest BCUT2D eigenvalue weighted by atomic mass is 10.0. The number of carbonyl (C=O) groups is 2. The molecule has 2 amide bonds.